The molecule has 0 aromatic heterocycles. The van der Waals surface area contributed by atoms with Crippen molar-refractivity contribution in [1.29, 1.82) is 0 Å². The van der Waals surface area contributed by atoms with Gasteiger partial charge < -0.3 is 10.6 Å². The van der Waals surface area contributed by atoms with E-state index in [1.165, 1.54) is 6.07 Å². The molecule has 0 saturated carbocycles. The third kappa shape index (κ3) is 5.70. The van der Waals surface area contributed by atoms with Crippen LogP contribution in [0, 0.1) is 5.82 Å². The lowest BCUT2D eigenvalue weighted by molar-refractivity contribution is -0.121. The molecule has 1 rings (SSSR count). The topological polar surface area (TPSA) is 41.1 Å². The third-order valence-corrected chi connectivity index (χ3v) is 3.46. The minimum Gasteiger partial charge on any atom is -0.350 e. The molecule has 0 heterocycles. The summed E-state index contributed by atoms with van der Waals surface area (Å²) in [5.41, 5.74) is 0.330. The van der Waals surface area contributed by atoms with Crippen LogP contribution in [0.5, 0.6) is 0 Å². The van der Waals surface area contributed by atoms with Crippen LogP contribution in [0.3, 0.4) is 0 Å². The highest BCUT2D eigenvalue weighted by atomic mass is 79.9. The van der Waals surface area contributed by atoms with E-state index < -0.39 is 0 Å². The Hall–Kier alpha value is -0.940. The van der Waals surface area contributed by atoms with Crippen LogP contribution in [0.15, 0.2) is 22.7 Å². The van der Waals surface area contributed by atoms with Gasteiger partial charge in [-0.1, -0.05) is 22.9 Å². The Morgan fingerprint density at radius 1 is 1.42 bits per heavy atom. The zero-order valence-corrected chi connectivity index (χ0v) is 13.1. The minimum absolute atomic E-state index is 0.0812. The number of amides is 1. The molecule has 0 radical (unpaired) electrons. The first kappa shape index (κ1) is 16.1. The van der Waals surface area contributed by atoms with Gasteiger partial charge in [0.15, 0.2) is 0 Å². The van der Waals surface area contributed by atoms with Gasteiger partial charge >= 0.3 is 0 Å². The van der Waals surface area contributed by atoms with Crippen molar-refractivity contribution in [3.8, 4) is 0 Å². The molecule has 0 bridgehead atoms. The second-order valence-electron chi connectivity index (χ2n) is 5.12. The molecule has 106 valence electrons. The molecule has 0 aliphatic heterocycles. The molecule has 1 amide bonds. The lowest BCUT2D eigenvalue weighted by Gasteiger charge is -2.24. The first-order chi connectivity index (χ1) is 8.84. The number of rotatable bonds is 6. The van der Waals surface area contributed by atoms with Crippen molar-refractivity contribution in [1.82, 2.24) is 10.6 Å². The maximum Gasteiger partial charge on any atom is 0.234 e. The molecule has 0 aliphatic rings. The van der Waals surface area contributed by atoms with Crippen molar-refractivity contribution >= 4 is 21.8 Å². The van der Waals surface area contributed by atoms with Crippen molar-refractivity contribution in [3.63, 3.8) is 0 Å². The van der Waals surface area contributed by atoms with E-state index in [0.29, 0.717) is 12.1 Å². The summed E-state index contributed by atoms with van der Waals surface area (Å²) in [6, 6.07) is 4.76. The van der Waals surface area contributed by atoms with Crippen LogP contribution in [-0.4, -0.2) is 18.0 Å². The Balaban J connectivity index is 2.42. The smallest absolute Gasteiger partial charge is 0.234 e. The highest BCUT2D eigenvalue weighted by Gasteiger charge is 2.17. The fraction of sp³-hybridized carbons (Fsp3) is 0.500. The molecule has 0 fully saturated rings. The van der Waals surface area contributed by atoms with Crippen LogP contribution in [0.2, 0.25) is 0 Å². The average molecular weight is 331 g/mol. The Morgan fingerprint density at radius 3 is 2.74 bits per heavy atom. The number of hydrogen-bond acceptors (Lipinski definition) is 2. The standard InChI is InChI=1S/C14H20BrFN2O/c1-4-14(2,3)18-13(19)9-17-8-10-7-11(15)5-6-12(10)16/h5-7,17H,4,8-9H2,1-3H3,(H,18,19). The van der Waals surface area contributed by atoms with Crippen molar-refractivity contribution in [2.24, 2.45) is 0 Å². The molecule has 2 N–H and O–H groups in total. The summed E-state index contributed by atoms with van der Waals surface area (Å²) in [4.78, 5) is 11.7. The third-order valence-electron chi connectivity index (χ3n) is 2.97. The van der Waals surface area contributed by atoms with Crippen molar-refractivity contribution < 1.29 is 9.18 Å². The number of hydrogen-bond donors (Lipinski definition) is 2. The van der Waals surface area contributed by atoms with Gasteiger partial charge in [0.2, 0.25) is 5.91 Å². The molecule has 19 heavy (non-hydrogen) atoms. The molecular formula is C14H20BrFN2O. The van der Waals surface area contributed by atoms with Crippen LogP contribution in [-0.2, 0) is 11.3 Å². The molecular weight excluding hydrogens is 311 g/mol. The summed E-state index contributed by atoms with van der Waals surface area (Å²) >= 11 is 3.29. The molecule has 5 heteroatoms. The van der Waals surface area contributed by atoms with E-state index in [0.717, 1.165) is 10.9 Å². The van der Waals surface area contributed by atoms with Crippen LogP contribution < -0.4 is 10.6 Å². The van der Waals surface area contributed by atoms with Gasteiger partial charge in [0.25, 0.3) is 0 Å². The van der Waals surface area contributed by atoms with Gasteiger partial charge in [-0.05, 0) is 38.5 Å². The van der Waals surface area contributed by atoms with Gasteiger partial charge in [-0.15, -0.1) is 0 Å². The zero-order chi connectivity index (χ0) is 14.5. The summed E-state index contributed by atoms with van der Waals surface area (Å²) in [7, 11) is 0. The summed E-state index contributed by atoms with van der Waals surface area (Å²) in [5, 5.41) is 5.86. The van der Waals surface area contributed by atoms with Crippen molar-refractivity contribution in [3.05, 3.63) is 34.1 Å². The van der Waals surface area contributed by atoms with E-state index in [2.05, 4.69) is 26.6 Å². The fourth-order valence-electron chi connectivity index (χ4n) is 1.50. The highest BCUT2D eigenvalue weighted by molar-refractivity contribution is 9.10. The van der Waals surface area contributed by atoms with Gasteiger partial charge in [-0.25, -0.2) is 4.39 Å². The van der Waals surface area contributed by atoms with E-state index in [4.69, 9.17) is 0 Å². The number of benzene rings is 1. The minimum atomic E-state index is -0.273. The largest absolute Gasteiger partial charge is 0.350 e. The SMILES string of the molecule is CCC(C)(C)NC(=O)CNCc1cc(Br)ccc1F. The summed E-state index contributed by atoms with van der Waals surface area (Å²) in [6.07, 6.45) is 0.860. The van der Waals surface area contributed by atoms with Gasteiger partial charge in [-0.3, -0.25) is 4.79 Å². The molecule has 0 unspecified atom stereocenters. The number of carbonyl (C=O) groups excluding carboxylic acids is 1. The van der Waals surface area contributed by atoms with Crippen LogP contribution in [0.4, 0.5) is 4.39 Å². The number of carbonyl (C=O) groups is 1. The monoisotopic (exact) mass is 330 g/mol. The van der Waals surface area contributed by atoms with E-state index in [-0.39, 0.29) is 23.8 Å². The van der Waals surface area contributed by atoms with Gasteiger partial charge in [0, 0.05) is 22.1 Å². The molecule has 0 atom stereocenters. The van der Waals surface area contributed by atoms with Crippen LogP contribution in [0.25, 0.3) is 0 Å². The first-order valence-electron chi connectivity index (χ1n) is 6.29. The van der Waals surface area contributed by atoms with E-state index >= 15 is 0 Å². The van der Waals surface area contributed by atoms with Crippen LogP contribution in [0.1, 0.15) is 32.8 Å². The van der Waals surface area contributed by atoms with E-state index in [1.54, 1.807) is 12.1 Å². The molecule has 0 saturated heterocycles. The summed E-state index contributed by atoms with van der Waals surface area (Å²) in [6.45, 7) is 6.46. The van der Waals surface area contributed by atoms with E-state index in [1.807, 2.05) is 20.8 Å². The Morgan fingerprint density at radius 2 is 2.11 bits per heavy atom. The van der Waals surface area contributed by atoms with Crippen molar-refractivity contribution in [2.45, 2.75) is 39.3 Å². The molecule has 0 spiro atoms. The Kier molecular flexibility index (Phi) is 5.94. The molecule has 3 nitrogen and oxygen atoms in total. The Labute approximate surface area is 122 Å². The van der Waals surface area contributed by atoms with Crippen LogP contribution >= 0.6 is 15.9 Å². The fourth-order valence-corrected chi connectivity index (χ4v) is 1.91. The molecule has 0 aliphatic carbocycles. The predicted octanol–water partition coefficient (Wildman–Crippen LogP) is 2.98. The highest BCUT2D eigenvalue weighted by Crippen LogP contribution is 2.15. The normalized spacial score (nSPS) is 11.4. The quantitative estimate of drug-likeness (QED) is 0.841. The second kappa shape index (κ2) is 7.01. The van der Waals surface area contributed by atoms with Gasteiger partial charge in [0.05, 0.1) is 6.54 Å². The van der Waals surface area contributed by atoms with Gasteiger partial charge in [-0.2, -0.15) is 0 Å². The molecule has 1 aromatic carbocycles. The second-order valence-corrected chi connectivity index (χ2v) is 6.04. The lowest BCUT2D eigenvalue weighted by Crippen LogP contribution is -2.46. The summed E-state index contributed by atoms with van der Waals surface area (Å²) < 4.78 is 14.3. The number of nitrogens with one attached hydrogen (secondary N) is 2. The summed E-state index contributed by atoms with van der Waals surface area (Å²) in [5.74, 6) is -0.354. The Bertz CT molecular complexity index is 449. The van der Waals surface area contributed by atoms with Gasteiger partial charge in [0.1, 0.15) is 5.82 Å². The maximum absolute atomic E-state index is 13.5. The lowest BCUT2D eigenvalue weighted by atomic mass is 10.0. The predicted molar refractivity (Wildman–Crippen MR) is 78.3 cm³/mol. The zero-order valence-electron chi connectivity index (χ0n) is 11.5. The first-order valence-corrected chi connectivity index (χ1v) is 7.09. The van der Waals surface area contributed by atoms with E-state index in [9.17, 15) is 9.18 Å². The number of halogens is 2. The maximum atomic E-state index is 13.5. The van der Waals surface area contributed by atoms with Crippen molar-refractivity contribution in [2.75, 3.05) is 6.54 Å². The molecule has 1 aromatic rings. The average Bonchev–Trinajstić information content (AvgIpc) is 2.33.